The van der Waals surface area contributed by atoms with Crippen LogP contribution in [0.15, 0.2) is 89.2 Å². The highest BCUT2D eigenvalue weighted by molar-refractivity contribution is 7.98. The summed E-state index contributed by atoms with van der Waals surface area (Å²) < 4.78 is 7.75. The smallest absolute Gasteiger partial charge is 0.255 e. The molecule has 1 atom stereocenters. The number of aromatic nitrogens is 3. The molecule has 0 saturated heterocycles. The zero-order valence-corrected chi connectivity index (χ0v) is 23.5. The van der Waals surface area contributed by atoms with Gasteiger partial charge >= 0.3 is 0 Å². The van der Waals surface area contributed by atoms with Crippen molar-refractivity contribution in [1.29, 1.82) is 0 Å². The van der Waals surface area contributed by atoms with Gasteiger partial charge in [-0.25, -0.2) is 4.68 Å². The van der Waals surface area contributed by atoms with Gasteiger partial charge < -0.3 is 15.4 Å². The van der Waals surface area contributed by atoms with Gasteiger partial charge in [-0.15, -0.1) is 5.10 Å². The Balaban J connectivity index is 1.52. The minimum atomic E-state index is -0.477. The van der Waals surface area contributed by atoms with Gasteiger partial charge in [0.25, 0.3) is 5.91 Å². The van der Waals surface area contributed by atoms with Crippen LogP contribution in [0.5, 0.6) is 5.75 Å². The number of nitrogens with zero attached hydrogens (tertiary/aromatic N) is 3. The highest BCUT2D eigenvalue weighted by atomic mass is 32.2. The van der Waals surface area contributed by atoms with Gasteiger partial charge in [-0.3, -0.25) is 4.79 Å². The lowest BCUT2D eigenvalue weighted by Crippen LogP contribution is -2.31. The van der Waals surface area contributed by atoms with E-state index < -0.39 is 6.04 Å². The first-order chi connectivity index (χ1) is 18.9. The molecule has 0 spiro atoms. The third-order valence-electron chi connectivity index (χ3n) is 6.79. The number of hydrogen-bond acceptors (Lipinski definition) is 6. The molecule has 0 aliphatic carbocycles. The Hall–Kier alpha value is -4.04. The van der Waals surface area contributed by atoms with Crippen molar-refractivity contribution in [2.45, 2.75) is 51.1 Å². The van der Waals surface area contributed by atoms with Crippen molar-refractivity contribution in [3.05, 3.63) is 106 Å². The monoisotopic (exact) mass is 539 g/mol. The second-order valence-electron chi connectivity index (χ2n) is 9.63. The molecule has 2 N–H and O–H groups in total. The number of fused-ring (bicyclic) bond motifs is 1. The molecule has 0 fully saturated rings. The van der Waals surface area contributed by atoms with Crippen molar-refractivity contribution in [1.82, 2.24) is 14.8 Å². The lowest BCUT2D eigenvalue weighted by atomic mass is 9.94. The van der Waals surface area contributed by atoms with E-state index in [9.17, 15) is 4.79 Å². The van der Waals surface area contributed by atoms with Crippen LogP contribution in [-0.2, 0) is 10.5 Å². The Morgan fingerprint density at radius 3 is 2.64 bits per heavy atom. The molecule has 1 unspecified atom stereocenters. The summed E-state index contributed by atoms with van der Waals surface area (Å²) in [5.74, 6) is 1.94. The summed E-state index contributed by atoms with van der Waals surface area (Å²) in [5.41, 5.74) is 6.38. The minimum Gasteiger partial charge on any atom is -0.494 e. The number of nitrogens with one attached hydrogen (secondary N) is 2. The topological polar surface area (TPSA) is 81.1 Å². The zero-order valence-electron chi connectivity index (χ0n) is 22.7. The van der Waals surface area contributed by atoms with E-state index in [1.165, 1.54) is 5.56 Å². The van der Waals surface area contributed by atoms with Crippen LogP contribution < -0.4 is 15.4 Å². The van der Waals surface area contributed by atoms with Crippen LogP contribution in [0.2, 0.25) is 0 Å². The number of ether oxygens (including phenoxy) is 1. The highest BCUT2D eigenvalue weighted by Crippen LogP contribution is 2.38. The number of thioether (sulfide) groups is 1. The van der Waals surface area contributed by atoms with E-state index in [1.54, 1.807) is 11.8 Å². The number of benzene rings is 3. The Bertz CT molecular complexity index is 1510. The second-order valence-corrected chi connectivity index (χ2v) is 10.6. The van der Waals surface area contributed by atoms with Crippen LogP contribution in [0, 0.1) is 13.8 Å². The molecule has 0 bridgehead atoms. The quantitative estimate of drug-likeness (QED) is 0.225. The minimum absolute atomic E-state index is 0.182. The van der Waals surface area contributed by atoms with Crippen molar-refractivity contribution in [2.24, 2.45) is 0 Å². The fourth-order valence-electron chi connectivity index (χ4n) is 4.59. The van der Waals surface area contributed by atoms with Gasteiger partial charge in [-0.05, 0) is 67.6 Å². The van der Waals surface area contributed by atoms with Crippen LogP contribution in [-0.4, -0.2) is 27.3 Å². The molecule has 1 aliphatic rings. The van der Waals surface area contributed by atoms with E-state index in [0.717, 1.165) is 46.0 Å². The van der Waals surface area contributed by atoms with Crippen LogP contribution in [0.4, 0.5) is 11.6 Å². The van der Waals surface area contributed by atoms with Gasteiger partial charge in [0.2, 0.25) is 11.1 Å². The molecular weight excluding hydrogens is 506 g/mol. The summed E-state index contributed by atoms with van der Waals surface area (Å²) in [5, 5.41) is 12.0. The fraction of sp³-hybridized carbons (Fsp3) is 0.258. The maximum absolute atomic E-state index is 13.9. The molecular formula is C31H33N5O2S. The molecule has 1 aromatic heterocycles. The van der Waals surface area contributed by atoms with Crippen molar-refractivity contribution in [3.63, 3.8) is 0 Å². The van der Waals surface area contributed by atoms with Crippen LogP contribution in [0.1, 0.15) is 48.6 Å². The normalized spacial score (nSPS) is 14.5. The van der Waals surface area contributed by atoms with E-state index in [1.807, 2.05) is 86.1 Å². The maximum Gasteiger partial charge on any atom is 0.255 e. The molecule has 8 heteroatoms. The predicted molar refractivity (Wildman–Crippen MR) is 157 cm³/mol. The van der Waals surface area contributed by atoms with Crippen LogP contribution >= 0.6 is 11.8 Å². The van der Waals surface area contributed by atoms with Gasteiger partial charge in [0.15, 0.2) is 0 Å². The first-order valence-electron chi connectivity index (χ1n) is 13.2. The first-order valence-corrected chi connectivity index (χ1v) is 14.1. The van der Waals surface area contributed by atoms with Gasteiger partial charge in [-0.1, -0.05) is 73.3 Å². The number of aryl methyl sites for hydroxylation is 1. The number of rotatable bonds is 9. The van der Waals surface area contributed by atoms with Crippen molar-refractivity contribution in [2.75, 3.05) is 17.2 Å². The molecule has 2 heterocycles. The third-order valence-corrected chi connectivity index (χ3v) is 7.70. The highest BCUT2D eigenvalue weighted by Gasteiger charge is 2.35. The lowest BCUT2D eigenvalue weighted by Gasteiger charge is -2.29. The van der Waals surface area contributed by atoms with Crippen LogP contribution in [0.25, 0.3) is 0 Å². The summed E-state index contributed by atoms with van der Waals surface area (Å²) in [6, 6.07) is 23.6. The summed E-state index contributed by atoms with van der Waals surface area (Å²) >= 11 is 1.57. The molecule has 200 valence electrons. The molecule has 4 aromatic rings. The molecule has 7 nitrogen and oxygen atoms in total. The number of hydrogen-bond donors (Lipinski definition) is 2. The van der Waals surface area contributed by atoms with Gasteiger partial charge in [0, 0.05) is 17.1 Å². The van der Waals surface area contributed by atoms with E-state index in [4.69, 9.17) is 14.8 Å². The summed E-state index contributed by atoms with van der Waals surface area (Å²) in [4.78, 5) is 18.7. The van der Waals surface area contributed by atoms with E-state index >= 15 is 0 Å². The van der Waals surface area contributed by atoms with Gasteiger partial charge in [0.1, 0.15) is 11.8 Å². The van der Waals surface area contributed by atoms with Gasteiger partial charge in [0.05, 0.1) is 12.2 Å². The van der Waals surface area contributed by atoms with E-state index in [-0.39, 0.29) is 5.91 Å². The molecule has 5 rings (SSSR count). The lowest BCUT2D eigenvalue weighted by molar-refractivity contribution is -0.113. The summed E-state index contributed by atoms with van der Waals surface area (Å²) in [7, 11) is 0. The fourth-order valence-corrected chi connectivity index (χ4v) is 5.37. The van der Waals surface area contributed by atoms with Crippen molar-refractivity contribution < 1.29 is 9.53 Å². The number of amides is 1. The Morgan fingerprint density at radius 2 is 1.85 bits per heavy atom. The first kappa shape index (κ1) is 26.6. The Kier molecular flexibility index (Phi) is 8.02. The standard InChI is InChI=1S/C31H33N5O2S/c1-5-17-38-25-15-10-14-24(18-25)28-27(29(37)33-26-16-9-11-20(2)21(26)3)22(4)32-30-34-31(35-36(28)30)39-19-23-12-7-6-8-13-23/h6-16,18,28H,5,17,19H2,1-4H3,(H,33,37)(H,32,34,35). The summed E-state index contributed by atoms with van der Waals surface area (Å²) in [6.45, 7) is 8.67. The molecule has 39 heavy (non-hydrogen) atoms. The SMILES string of the molecule is CCCOc1cccc(C2C(C(=O)Nc3cccc(C)c3C)=C(C)Nc3nc(SCc4ccccc4)nn32)c1. The average Bonchev–Trinajstić information content (AvgIpc) is 3.35. The van der Waals surface area contributed by atoms with Crippen molar-refractivity contribution in [3.8, 4) is 5.75 Å². The predicted octanol–water partition coefficient (Wildman–Crippen LogP) is 6.90. The Morgan fingerprint density at radius 1 is 1.05 bits per heavy atom. The third kappa shape index (κ3) is 5.86. The molecule has 1 amide bonds. The molecule has 3 aromatic carbocycles. The Labute approximate surface area is 233 Å². The van der Waals surface area contributed by atoms with E-state index in [0.29, 0.717) is 23.3 Å². The van der Waals surface area contributed by atoms with E-state index in [2.05, 4.69) is 29.7 Å². The summed E-state index contributed by atoms with van der Waals surface area (Å²) in [6.07, 6.45) is 0.912. The van der Waals surface area contributed by atoms with Crippen molar-refractivity contribution >= 4 is 29.3 Å². The largest absolute Gasteiger partial charge is 0.494 e. The maximum atomic E-state index is 13.9. The average molecular weight is 540 g/mol. The van der Waals surface area contributed by atoms with Gasteiger partial charge in [-0.2, -0.15) is 4.98 Å². The van der Waals surface area contributed by atoms with Crippen LogP contribution in [0.3, 0.4) is 0 Å². The molecule has 0 radical (unpaired) electrons. The zero-order chi connectivity index (χ0) is 27.4. The molecule has 1 aliphatic heterocycles. The second kappa shape index (κ2) is 11.8. The molecule has 0 saturated carbocycles. The number of carbonyl (C=O) groups excluding carboxylic acids is 1. The number of carbonyl (C=O) groups is 1. The number of allylic oxidation sites excluding steroid dienone is 1. The number of anilines is 2.